The number of nitrogens with two attached hydrogens (primary N) is 1. The lowest BCUT2D eigenvalue weighted by atomic mass is 9.96. The van der Waals surface area contributed by atoms with Crippen LogP contribution in [-0.2, 0) is 0 Å². The van der Waals surface area contributed by atoms with Crippen LogP contribution in [0.3, 0.4) is 0 Å². The lowest BCUT2D eigenvalue weighted by Gasteiger charge is -2.23. The first-order valence-corrected chi connectivity index (χ1v) is 7.70. The van der Waals surface area contributed by atoms with Crippen LogP contribution in [0.2, 0.25) is 0 Å². The molecule has 0 heterocycles. The van der Waals surface area contributed by atoms with Crippen LogP contribution in [0.25, 0.3) is 0 Å². The van der Waals surface area contributed by atoms with Gasteiger partial charge in [0.1, 0.15) is 0 Å². The number of guanidine groups is 1. The van der Waals surface area contributed by atoms with E-state index >= 15 is 0 Å². The maximum Gasteiger partial charge on any atom is 0.269 e. The fourth-order valence-electron chi connectivity index (χ4n) is 2.58. The van der Waals surface area contributed by atoms with Crippen LogP contribution in [0.4, 0.5) is 11.4 Å². The molecule has 0 bridgehead atoms. The normalized spacial score (nSPS) is 15.6. The summed E-state index contributed by atoms with van der Waals surface area (Å²) in [5.41, 5.74) is 6.79. The highest BCUT2D eigenvalue weighted by Gasteiger charge is 2.13. The summed E-state index contributed by atoms with van der Waals surface area (Å²) in [4.78, 5) is 14.4. The van der Waals surface area contributed by atoms with Crippen LogP contribution in [0, 0.1) is 10.1 Å². The zero-order valence-electron chi connectivity index (χ0n) is 13.0. The van der Waals surface area contributed by atoms with E-state index in [1.807, 2.05) is 0 Å². The third kappa shape index (κ3) is 7.02. The van der Waals surface area contributed by atoms with Crippen LogP contribution in [-0.4, -0.2) is 30.0 Å². The number of hydrogen-bond acceptors (Lipinski definition) is 4. The first-order chi connectivity index (χ1) is 10.6. The van der Waals surface area contributed by atoms with Crippen molar-refractivity contribution >= 4 is 41.3 Å². The fourth-order valence-corrected chi connectivity index (χ4v) is 2.58. The van der Waals surface area contributed by atoms with Gasteiger partial charge in [0.15, 0.2) is 5.96 Å². The number of nitrogens with zero attached hydrogens (tertiary/aromatic N) is 2. The summed E-state index contributed by atoms with van der Waals surface area (Å²) in [5, 5.41) is 17.0. The molecule has 0 saturated heterocycles. The highest BCUT2D eigenvalue weighted by atomic mass is 127. The highest BCUT2D eigenvalue weighted by Crippen LogP contribution is 2.17. The minimum Gasteiger partial charge on any atom is -0.383 e. The molecular formula is C15H24IN5O2. The van der Waals surface area contributed by atoms with Gasteiger partial charge >= 0.3 is 0 Å². The number of benzene rings is 1. The van der Waals surface area contributed by atoms with E-state index in [4.69, 9.17) is 5.73 Å². The van der Waals surface area contributed by atoms with E-state index in [2.05, 4.69) is 15.6 Å². The topological polar surface area (TPSA) is 106 Å². The number of halogens is 1. The Morgan fingerprint density at radius 3 is 2.52 bits per heavy atom. The van der Waals surface area contributed by atoms with E-state index in [9.17, 15) is 10.1 Å². The molecule has 128 valence electrons. The molecule has 8 heteroatoms. The van der Waals surface area contributed by atoms with Crippen LogP contribution < -0.4 is 16.4 Å². The molecule has 0 radical (unpaired) electrons. The Hall–Kier alpha value is -1.58. The molecule has 0 unspecified atom stereocenters. The van der Waals surface area contributed by atoms with Crippen molar-refractivity contribution in [1.29, 1.82) is 0 Å². The van der Waals surface area contributed by atoms with Crippen LogP contribution in [0.15, 0.2) is 29.3 Å². The van der Waals surface area contributed by atoms with E-state index in [-0.39, 0.29) is 29.7 Å². The summed E-state index contributed by atoms with van der Waals surface area (Å²) in [6, 6.07) is 6.78. The van der Waals surface area contributed by atoms with Gasteiger partial charge in [0, 0.05) is 30.4 Å². The van der Waals surface area contributed by atoms with Crippen molar-refractivity contribution < 1.29 is 4.92 Å². The monoisotopic (exact) mass is 433 g/mol. The molecular weight excluding hydrogens is 409 g/mol. The zero-order valence-corrected chi connectivity index (χ0v) is 15.4. The fraction of sp³-hybridized carbons (Fsp3) is 0.533. The number of nitrogens with one attached hydrogen (secondary N) is 2. The third-order valence-corrected chi connectivity index (χ3v) is 3.76. The molecule has 0 aromatic heterocycles. The van der Waals surface area contributed by atoms with Gasteiger partial charge in [-0.05, 0) is 25.0 Å². The average Bonchev–Trinajstić information content (AvgIpc) is 2.53. The molecule has 4 N–H and O–H groups in total. The molecule has 2 rings (SSSR count). The Labute approximate surface area is 153 Å². The van der Waals surface area contributed by atoms with Crippen molar-refractivity contribution in [2.75, 3.05) is 18.4 Å². The number of aliphatic imine (C=N–C) groups is 1. The Bertz CT molecular complexity index is 515. The van der Waals surface area contributed by atoms with Crippen molar-refractivity contribution in [3.05, 3.63) is 34.4 Å². The molecule has 1 fully saturated rings. The number of rotatable bonds is 6. The standard InChI is InChI=1S/C15H23N5O2.HI/c16-15(19-13-4-2-1-3-5-13)18-11-10-17-12-6-8-14(9-7-12)20(21)22;/h6-9,13,17H,1-5,10-11H2,(H3,16,18,19);1H. The lowest BCUT2D eigenvalue weighted by molar-refractivity contribution is -0.384. The summed E-state index contributed by atoms with van der Waals surface area (Å²) >= 11 is 0. The third-order valence-electron chi connectivity index (χ3n) is 3.76. The SMILES string of the molecule is I.NC(=NCCNc1ccc([N+](=O)[O-])cc1)NC1CCCCC1. The van der Waals surface area contributed by atoms with E-state index in [1.165, 1.54) is 31.4 Å². The largest absolute Gasteiger partial charge is 0.383 e. The van der Waals surface area contributed by atoms with Gasteiger partial charge in [0.2, 0.25) is 0 Å². The molecule has 1 saturated carbocycles. The number of nitro benzene ring substituents is 1. The van der Waals surface area contributed by atoms with Crippen LogP contribution in [0.5, 0.6) is 0 Å². The molecule has 0 aliphatic heterocycles. The Morgan fingerprint density at radius 2 is 1.91 bits per heavy atom. The van der Waals surface area contributed by atoms with Gasteiger partial charge in [0.05, 0.1) is 11.5 Å². The van der Waals surface area contributed by atoms with Crippen molar-refractivity contribution in [2.45, 2.75) is 38.1 Å². The first kappa shape index (κ1) is 19.5. The van der Waals surface area contributed by atoms with Crippen molar-refractivity contribution in [2.24, 2.45) is 10.7 Å². The Kier molecular flexibility index (Phi) is 8.67. The van der Waals surface area contributed by atoms with Gasteiger partial charge in [-0.3, -0.25) is 15.1 Å². The van der Waals surface area contributed by atoms with Crippen LogP contribution in [0.1, 0.15) is 32.1 Å². The molecule has 1 aromatic rings. The number of non-ortho nitro benzene ring substituents is 1. The summed E-state index contributed by atoms with van der Waals surface area (Å²) in [6.07, 6.45) is 6.15. The quantitative estimate of drug-likeness (QED) is 0.160. The molecule has 0 atom stereocenters. The van der Waals surface area contributed by atoms with E-state index < -0.39 is 4.92 Å². The zero-order chi connectivity index (χ0) is 15.8. The van der Waals surface area contributed by atoms with Gasteiger partial charge in [0.25, 0.3) is 5.69 Å². The van der Waals surface area contributed by atoms with Gasteiger partial charge in [-0.2, -0.15) is 0 Å². The minimum atomic E-state index is -0.411. The smallest absolute Gasteiger partial charge is 0.269 e. The second-order valence-electron chi connectivity index (χ2n) is 5.48. The second-order valence-corrected chi connectivity index (χ2v) is 5.48. The van der Waals surface area contributed by atoms with E-state index in [1.54, 1.807) is 12.1 Å². The van der Waals surface area contributed by atoms with Crippen molar-refractivity contribution in [3.8, 4) is 0 Å². The average molecular weight is 433 g/mol. The molecule has 23 heavy (non-hydrogen) atoms. The predicted octanol–water partition coefficient (Wildman–Crippen LogP) is 2.86. The summed E-state index contributed by atoms with van der Waals surface area (Å²) in [7, 11) is 0. The minimum absolute atomic E-state index is 0. The maximum atomic E-state index is 10.6. The summed E-state index contributed by atoms with van der Waals surface area (Å²) < 4.78 is 0. The molecule has 1 aromatic carbocycles. The molecule has 7 nitrogen and oxygen atoms in total. The van der Waals surface area contributed by atoms with Crippen molar-refractivity contribution in [3.63, 3.8) is 0 Å². The summed E-state index contributed by atoms with van der Waals surface area (Å²) in [6.45, 7) is 1.19. The number of nitro groups is 1. The van der Waals surface area contributed by atoms with Gasteiger partial charge in [-0.15, -0.1) is 24.0 Å². The van der Waals surface area contributed by atoms with E-state index in [0.717, 1.165) is 18.5 Å². The molecule has 1 aliphatic carbocycles. The number of anilines is 1. The van der Waals surface area contributed by atoms with E-state index in [0.29, 0.717) is 25.1 Å². The Morgan fingerprint density at radius 1 is 1.26 bits per heavy atom. The summed E-state index contributed by atoms with van der Waals surface area (Å²) in [5.74, 6) is 0.498. The Balaban J connectivity index is 0.00000264. The lowest BCUT2D eigenvalue weighted by Crippen LogP contribution is -2.41. The highest BCUT2D eigenvalue weighted by molar-refractivity contribution is 14.0. The molecule has 0 spiro atoms. The van der Waals surface area contributed by atoms with Crippen LogP contribution >= 0.6 is 24.0 Å². The van der Waals surface area contributed by atoms with Gasteiger partial charge in [-0.25, -0.2) is 0 Å². The number of hydrogen-bond donors (Lipinski definition) is 3. The maximum absolute atomic E-state index is 10.6. The molecule has 0 amide bonds. The van der Waals surface area contributed by atoms with Crippen molar-refractivity contribution in [1.82, 2.24) is 5.32 Å². The van der Waals surface area contributed by atoms with Gasteiger partial charge in [-0.1, -0.05) is 19.3 Å². The predicted molar refractivity (Wildman–Crippen MR) is 103 cm³/mol. The molecule has 1 aliphatic rings. The second kappa shape index (κ2) is 10.2. The van der Waals surface area contributed by atoms with Gasteiger partial charge < -0.3 is 16.4 Å². The first-order valence-electron chi connectivity index (χ1n) is 7.70.